The molecule has 37 heavy (non-hydrogen) atoms. The molecule has 0 nitrogen and oxygen atoms in total. The van der Waals surface area contributed by atoms with Crippen LogP contribution in [0.3, 0.4) is 0 Å². The van der Waals surface area contributed by atoms with Crippen molar-refractivity contribution in [3.8, 4) is 0 Å². The normalized spacial score (nSPS) is 10.2. The fraction of sp³-hybridized carbons (Fsp3) is 0.0625. The zero-order chi connectivity index (χ0) is 26.1. The summed E-state index contributed by atoms with van der Waals surface area (Å²) < 4.78 is 0. The van der Waals surface area contributed by atoms with Gasteiger partial charge in [0.2, 0.25) is 0 Å². The Kier molecular flexibility index (Phi) is 14.7. The minimum Gasteiger partial charge on any atom is -0.0622 e. The zero-order valence-corrected chi connectivity index (χ0v) is 26.5. The molecule has 0 atom stereocenters. The summed E-state index contributed by atoms with van der Waals surface area (Å²) in [6.45, 7) is 0. The van der Waals surface area contributed by atoms with Crippen molar-refractivity contribution in [2.24, 2.45) is 0 Å². The van der Waals surface area contributed by atoms with Gasteiger partial charge >= 0.3 is 35.1 Å². The van der Waals surface area contributed by atoms with Gasteiger partial charge in [-0.2, -0.15) is 30.3 Å². The standard InChI is InChI=1S/C26H24P2.C6H4Cl.HI.Pd/c1-5-13-23(14-6-1)27(24-15-7-2-8-16-24)21-22-28(25-17-9-3-10-18-25)26-19-11-4-12-20-26;7-6-4-2-1-3-5-6;;/h1-20H,21-22H2;2-5H;1H;/q;-1;;+2/p-1. The van der Waals surface area contributed by atoms with Crippen LogP contribution in [0.4, 0.5) is 0 Å². The van der Waals surface area contributed by atoms with Crippen LogP contribution < -0.4 is 21.2 Å². The number of halogens is 2. The maximum Gasteiger partial charge on any atom is -0.0195 e. The molecule has 0 aliphatic heterocycles. The van der Waals surface area contributed by atoms with Crippen molar-refractivity contribution in [3.63, 3.8) is 0 Å². The average Bonchev–Trinajstić information content (AvgIpc) is 2.99. The Hall–Kier alpha value is -1.36. The van der Waals surface area contributed by atoms with Crippen LogP contribution in [0.2, 0.25) is 5.02 Å². The van der Waals surface area contributed by atoms with Crippen molar-refractivity contribution in [3.05, 3.63) is 157 Å². The van der Waals surface area contributed by atoms with Gasteiger partial charge in [-0.1, -0.05) is 126 Å². The molecule has 0 amide bonds. The Balaban J connectivity index is 0.000000361. The summed E-state index contributed by atoms with van der Waals surface area (Å²) in [7, 11) is -0.696. The van der Waals surface area contributed by atoms with Gasteiger partial charge in [0.25, 0.3) is 0 Å². The van der Waals surface area contributed by atoms with Gasteiger partial charge in [-0.05, 0) is 49.4 Å². The van der Waals surface area contributed by atoms with E-state index in [1.54, 1.807) is 24.3 Å². The molecule has 0 fully saturated rings. The van der Waals surface area contributed by atoms with E-state index in [1.165, 1.54) is 33.5 Å². The summed E-state index contributed by atoms with van der Waals surface area (Å²) in [5, 5.41) is 6.65. The van der Waals surface area contributed by atoms with Gasteiger partial charge in [-0.3, -0.25) is 0 Å². The Morgan fingerprint density at radius 3 is 0.973 bits per heavy atom. The molecule has 5 aromatic carbocycles. The van der Waals surface area contributed by atoms with E-state index >= 15 is 0 Å². The monoisotopic (exact) mass is 742 g/mol. The van der Waals surface area contributed by atoms with Gasteiger partial charge in [0, 0.05) is 0 Å². The molecular weight excluding hydrogens is 715 g/mol. The maximum atomic E-state index is 5.52. The minimum absolute atomic E-state index is 0.348. The summed E-state index contributed by atoms with van der Waals surface area (Å²) in [4.78, 5) is 0. The van der Waals surface area contributed by atoms with E-state index in [2.05, 4.69) is 143 Å². The molecule has 0 aliphatic carbocycles. The van der Waals surface area contributed by atoms with Crippen LogP contribution in [0.15, 0.2) is 146 Å². The Bertz CT molecular complexity index is 1080. The van der Waals surface area contributed by atoms with Crippen molar-refractivity contribution in [1.82, 2.24) is 0 Å². The zero-order valence-electron chi connectivity index (χ0n) is 20.2. The first-order valence-electron chi connectivity index (χ1n) is 11.8. The third-order valence-corrected chi connectivity index (χ3v) is 11.1. The first-order chi connectivity index (χ1) is 18.3. The van der Waals surface area contributed by atoms with Crippen LogP contribution in [0.1, 0.15) is 0 Å². The SMILES string of the molecule is Clc1cc[c-]cc1.[Pd+][I].c1ccc(P(CCP(c2ccccc2)c2ccccc2)c2ccccc2)cc1. The first-order valence-corrected chi connectivity index (χ1v) is 19.9. The van der Waals surface area contributed by atoms with E-state index in [0.717, 1.165) is 5.02 Å². The van der Waals surface area contributed by atoms with Gasteiger partial charge < -0.3 is 0 Å². The van der Waals surface area contributed by atoms with Gasteiger partial charge in [-0.15, -0.1) is 11.6 Å². The molecule has 0 saturated heterocycles. The molecule has 0 N–H and O–H groups in total. The minimum atomic E-state index is -0.348. The fourth-order valence-corrected chi connectivity index (χ4v) is 9.30. The van der Waals surface area contributed by atoms with Crippen molar-refractivity contribution in [2.45, 2.75) is 0 Å². The number of rotatable bonds is 7. The third kappa shape index (κ3) is 10.4. The van der Waals surface area contributed by atoms with Crippen LogP contribution in [-0.4, -0.2) is 12.3 Å². The summed E-state index contributed by atoms with van der Waals surface area (Å²) in [6.07, 6.45) is 2.41. The summed E-state index contributed by atoms with van der Waals surface area (Å²) in [5.74, 6) is 0. The first kappa shape index (κ1) is 30.2. The van der Waals surface area contributed by atoms with Crippen molar-refractivity contribution in [2.75, 3.05) is 12.3 Å². The quantitative estimate of drug-likeness (QED) is 0.0682. The van der Waals surface area contributed by atoms with Crippen molar-refractivity contribution < 1.29 is 15.6 Å². The molecule has 0 saturated carbocycles. The second-order valence-corrected chi connectivity index (χ2v) is 13.0. The summed E-state index contributed by atoms with van der Waals surface area (Å²) in [5.41, 5.74) is 0. The van der Waals surface area contributed by atoms with E-state index in [9.17, 15) is 0 Å². The van der Waals surface area contributed by atoms with Gasteiger partial charge in [-0.25, -0.2) is 0 Å². The average molecular weight is 743 g/mol. The molecule has 0 heterocycles. The molecule has 0 aromatic heterocycles. The fourth-order valence-electron chi connectivity index (χ4n) is 3.81. The van der Waals surface area contributed by atoms with Gasteiger partial charge in [0.1, 0.15) is 0 Å². The Morgan fingerprint density at radius 2 is 0.757 bits per heavy atom. The van der Waals surface area contributed by atoms with Gasteiger partial charge in [0.05, 0.1) is 0 Å². The van der Waals surface area contributed by atoms with E-state index in [0.29, 0.717) is 0 Å². The molecule has 0 bridgehead atoms. The van der Waals surface area contributed by atoms with Gasteiger partial charge in [0.15, 0.2) is 0 Å². The van der Waals surface area contributed by atoms with E-state index in [-0.39, 0.29) is 15.8 Å². The predicted octanol–water partition coefficient (Wildman–Crippen LogP) is 8.28. The van der Waals surface area contributed by atoms with E-state index in [1.807, 2.05) is 19.5 Å². The predicted molar refractivity (Wildman–Crippen MR) is 172 cm³/mol. The van der Waals surface area contributed by atoms with E-state index < -0.39 is 0 Å². The molecule has 0 aliphatic rings. The molecule has 0 spiro atoms. The van der Waals surface area contributed by atoms with Crippen LogP contribution in [0, 0.1) is 6.07 Å². The molecule has 0 radical (unpaired) electrons. The molecule has 0 unspecified atom stereocenters. The molecule has 5 rings (SSSR count). The van der Waals surface area contributed by atoms with Crippen LogP contribution in [-0.2, 0) is 15.6 Å². The van der Waals surface area contributed by atoms with Crippen LogP contribution >= 0.6 is 47.0 Å². The topological polar surface area (TPSA) is 0 Å². The molecule has 190 valence electrons. The van der Waals surface area contributed by atoms with Crippen molar-refractivity contribution >= 4 is 68.2 Å². The Morgan fingerprint density at radius 1 is 0.486 bits per heavy atom. The third-order valence-electron chi connectivity index (χ3n) is 5.50. The number of hydrogen-bond donors (Lipinski definition) is 0. The largest absolute Gasteiger partial charge is 0.0622 e. The molecular formula is C32H28ClIP2Pd. The van der Waals surface area contributed by atoms with Crippen molar-refractivity contribution in [1.29, 1.82) is 0 Å². The smallest absolute Gasteiger partial charge is 0.0195 e. The number of hydrogen-bond acceptors (Lipinski definition) is 0. The van der Waals surface area contributed by atoms with Crippen LogP contribution in [0.25, 0.3) is 0 Å². The second kappa shape index (κ2) is 18.0. The Labute approximate surface area is 250 Å². The summed E-state index contributed by atoms with van der Waals surface area (Å²) in [6, 6.07) is 54.2. The van der Waals surface area contributed by atoms with Crippen LogP contribution in [0.5, 0.6) is 0 Å². The van der Waals surface area contributed by atoms with E-state index in [4.69, 9.17) is 11.6 Å². The molecule has 5 aromatic rings. The maximum absolute atomic E-state index is 5.52. The number of benzene rings is 5. The molecule has 5 heteroatoms. The second-order valence-electron chi connectivity index (χ2n) is 7.86. The summed E-state index contributed by atoms with van der Waals surface area (Å²) >= 11 is 10.2.